The van der Waals surface area contributed by atoms with E-state index in [4.69, 9.17) is 16.3 Å². The number of halogens is 1. The third-order valence-corrected chi connectivity index (χ3v) is 5.60. The normalized spacial score (nSPS) is 11.1. The van der Waals surface area contributed by atoms with Crippen molar-refractivity contribution in [2.45, 2.75) is 18.7 Å². The van der Waals surface area contributed by atoms with Gasteiger partial charge in [-0.05, 0) is 44.2 Å². The first-order valence-corrected chi connectivity index (χ1v) is 9.28. The molecule has 5 nitrogen and oxygen atoms in total. The van der Waals surface area contributed by atoms with Gasteiger partial charge < -0.3 is 4.74 Å². The molecule has 0 spiro atoms. The van der Waals surface area contributed by atoms with Gasteiger partial charge in [0.05, 0.1) is 27.8 Å². The monoisotopic (exact) mass is 367 g/mol. The molecule has 0 atom stereocenters. The van der Waals surface area contributed by atoms with Crippen molar-refractivity contribution < 1.29 is 17.9 Å². The van der Waals surface area contributed by atoms with E-state index in [1.54, 1.807) is 38.1 Å². The van der Waals surface area contributed by atoms with Crippen LogP contribution in [0.25, 0.3) is 0 Å². The second-order valence-electron chi connectivity index (χ2n) is 4.87. The Hall–Kier alpha value is -2.05. The topological polar surface area (TPSA) is 63.7 Å². The number of hydrogen-bond acceptors (Lipinski definition) is 4. The predicted octanol–water partition coefficient (Wildman–Crippen LogP) is 3.73. The minimum absolute atomic E-state index is 0.137. The van der Waals surface area contributed by atoms with Crippen molar-refractivity contribution in [2.75, 3.05) is 17.5 Å². The Bertz CT molecular complexity index is 822. The molecule has 2 aromatic rings. The zero-order chi connectivity index (χ0) is 17.7. The molecule has 0 heterocycles. The van der Waals surface area contributed by atoms with Crippen LogP contribution in [0.3, 0.4) is 0 Å². The first-order valence-electron chi connectivity index (χ1n) is 7.46. The first-order chi connectivity index (χ1) is 11.4. The number of carbonyl (C=O) groups excluding carboxylic acids is 1. The highest BCUT2D eigenvalue weighted by Crippen LogP contribution is 2.28. The van der Waals surface area contributed by atoms with Crippen molar-refractivity contribution in [2.24, 2.45) is 0 Å². The molecule has 7 heteroatoms. The second-order valence-corrected chi connectivity index (χ2v) is 7.14. The van der Waals surface area contributed by atoms with Gasteiger partial charge in [0.15, 0.2) is 0 Å². The van der Waals surface area contributed by atoms with Crippen molar-refractivity contribution in [3.63, 3.8) is 0 Å². The maximum Gasteiger partial charge on any atom is 0.339 e. The lowest BCUT2D eigenvalue weighted by Crippen LogP contribution is -2.31. The number of hydrogen-bond donors (Lipinski definition) is 0. The molecule has 2 rings (SSSR count). The average molecular weight is 368 g/mol. The molecule has 0 aliphatic heterocycles. The van der Waals surface area contributed by atoms with Crippen LogP contribution in [0.15, 0.2) is 53.4 Å². The summed E-state index contributed by atoms with van der Waals surface area (Å²) in [6, 6.07) is 12.6. The molecule has 0 radical (unpaired) electrons. The second kappa shape index (κ2) is 7.68. The lowest BCUT2D eigenvalue weighted by atomic mass is 10.2. The van der Waals surface area contributed by atoms with E-state index < -0.39 is 16.0 Å². The van der Waals surface area contributed by atoms with E-state index >= 15 is 0 Å². The Morgan fingerprint density at radius 1 is 1.12 bits per heavy atom. The van der Waals surface area contributed by atoms with Crippen LogP contribution in [0.2, 0.25) is 5.02 Å². The van der Waals surface area contributed by atoms with Gasteiger partial charge in [0.1, 0.15) is 0 Å². The molecule has 0 saturated heterocycles. The molecule has 0 saturated carbocycles. The molecule has 0 fully saturated rings. The van der Waals surface area contributed by atoms with Gasteiger partial charge in [0.25, 0.3) is 10.0 Å². The number of sulfonamides is 1. The first kappa shape index (κ1) is 18.3. The van der Waals surface area contributed by atoms with Gasteiger partial charge in [-0.1, -0.05) is 29.8 Å². The number of ether oxygens (including phenoxy) is 1. The van der Waals surface area contributed by atoms with Crippen molar-refractivity contribution in [1.29, 1.82) is 0 Å². The van der Waals surface area contributed by atoms with E-state index in [2.05, 4.69) is 0 Å². The number of carbonyl (C=O) groups is 1. The van der Waals surface area contributed by atoms with E-state index in [1.165, 1.54) is 28.6 Å². The fraction of sp³-hybridized carbons (Fsp3) is 0.235. The Labute approximate surface area is 146 Å². The molecule has 0 unspecified atom stereocenters. The van der Waals surface area contributed by atoms with Crippen LogP contribution < -0.4 is 4.31 Å². The summed E-state index contributed by atoms with van der Waals surface area (Å²) in [5.74, 6) is -0.586. The highest BCUT2D eigenvalue weighted by Gasteiger charge is 2.24. The Kier molecular flexibility index (Phi) is 5.85. The van der Waals surface area contributed by atoms with Gasteiger partial charge in [-0.25, -0.2) is 13.2 Å². The van der Waals surface area contributed by atoms with Crippen LogP contribution in [0.1, 0.15) is 24.2 Å². The largest absolute Gasteiger partial charge is 0.462 e. The maximum atomic E-state index is 12.8. The van der Waals surface area contributed by atoms with Crippen LogP contribution in [0.4, 0.5) is 5.69 Å². The van der Waals surface area contributed by atoms with Gasteiger partial charge in [0.2, 0.25) is 0 Å². The summed E-state index contributed by atoms with van der Waals surface area (Å²) in [4.78, 5) is 12.2. The molecule has 0 bridgehead atoms. The summed E-state index contributed by atoms with van der Waals surface area (Å²) in [6.45, 7) is 3.83. The highest BCUT2D eigenvalue weighted by atomic mass is 35.5. The molecule has 0 aliphatic rings. The molecule has 0 aromatic heterocycles. The van der Waals surface area contributed by atoms with Crippen LogP contribution in [-0.4, -0.2) is 27.5 Å². The number of esters is 1. The van der Waals surface area contributed by atoms with Crippen LogP contribution in [0.5, 0.6) is 0 Å². The number of anilines is 1. The van der Waals surface area contributed by atoms with E-state index in [9.17, 15) is 13.2 Å². The lowest BCUT2D eigenvalue weighted by molar-refractivity contribution is 0.0526. The predicted molar refractivity (Wildman–Crippen MR) is 94.1 cm³/mol. The molecule has 2 aromatic carbocycles. The average Bonchev–Trinajstić information content (AvgIpc) is 2.57. The number of benzene rings is 2. The molecular weight excluding hydrogens is 350 g/mol. The quantitative estimate of drug-likeness (QED) is 0.730. The van der Waals surface area contributed by atoms with Gasteiger partial charge in [0, 0.05) is 6.54 Å². The van der Waals surface area contributed by atoms with Gasteiger partial charge in [-0.2, -0.15) is 0 Å². The minimum atomic E-state index is -3.73. The SMILES string of the molecule is CCOC(=O)c1cc(N(CC)S(=O)(=O)c2ccccc2)ccc1Cl. The summed E-state index contributed by atoms with van der Waals surface area (Å²) in [7, 11) is -3.73. The minimum Gasteiger partial charge on any atom is -0.462 e. The van der Waals surface area contributed by atoms with Crippen LogP contribution in [0, 0.1) is 0 Å². The van der Waals surface area contributed by atoms with Crippen molar-refractivity contribution in [3.05, 3.63) is 59.1 Å². The summed E-state index contributed by atoms with van der Waals surface area (Å²) in [6.07, 6.45) is 0. The van der Waals surface area contributed by atoms with E-state index in [0.717, 1.165) is 0 Å². The molecule has 0 N–H and O–H groups in total. The summed E-state index contributed by atoms with van der Waals surface area (Å²) >= 11 is 6.04. The summed E-state index contributed by atoms with van der Waals surface area (Å²) < 4.78 is 31.8. The van der Waals surface area contributed by atoms with Crippen molar-refractivity contribution >= 4 is 33.3 Å². The number of nitrogens with zero attached hydrogens (tertiary/aromatic N) is 1. The summed E-state index contributed by atoms with van der Waals surface area (Å²) in [5, 5.41) is 0.213. The van der Waals surface area contributed by atoms with Crippen molar-refractivity contribution in [3.8, 4) is 0 Å². The lowest BCUT2D eigenvalue weighted by Gasteiger charge is -2.23. The van der Waals surface area contributed by atoms with Gasteiger partial charge in [-0.3, -0.25) is 4.31 Å². The zero-order valence-corrected chi connectivity index (χ0v) is 15.0. The van der Waals surface area contributed by atoms with Crippen LogP contribution >= 0.6 is 11.6 Å². The highest BCUT2D eigenvalue weighted by molar-refractivity contribution is 7.92. The molecule has 24 heavy (non-hydrogen) atoms. The fourth-order valence-electron chi connectivity index (χ4n) is 2.24. The zero-order valence-electron chi connectivity index (χ0n) is 13.4. The van der Waals surface area contributed by atoms with E-state index in [0.29, 0.717) is 5.69 Å². The fourth-order valence-corrected chi connectivity index (χ4v) is 3.93. The Balaban J connectivity index is 2.48. The smallest absolute Gasteiger partial charge is 0.339 e. The van der Waals surface area contributed by atoms with E-state index in [-0.39, 0.29) is 28.6 Å². The molecule has 0 aliphatic carbocycles. The standard InChI is InChI=1S/C17H18ClNO4S/c1-3-19(24(21,22)14-8-6-5-7-9-14)13-10-11-16(18)15(12-13)17(20)23-4-2/h5-12H,3-4H2,1-2H3. The Morgan fingerprint density at radius 2 is 1.79 bits per heavy atom. The summed E-state index contributed by atoms with van der Waals surface area (Å²) in [5.41, 5.74) is 0.492. The maximum absolute atomic E-state index is 12.8. The number of rotatable bonds is 6. The van der Waals surface area contributed by atoms with Crippen LogP contribution in [-0.2, 0) is 14.8 Å². The van der Waals surface area contributed by atoms with E-state index in [1.807, 2.05) is 0 Å². The molecular formula is C17H18ClNO4S. The molecule has 0 amide bonds. The van der Waals surface area contributed by atoms with Gasteiger partial charge in [-0.15, -0.1) is 0 Å². The van der Waals surface area contributed by atoms with Gasteiger partial charge >= 0.3 is 5.97 Å². The molecule has 128 valence electrons. The Morgan fingerprint density at radius 3 is 2.38 bits per heavy atom. The van der Waals surface area contributed by atoms with Crippen molar-refractivity contribution in [1.82, 2.24) is 0 Å². The third-order valence-electron chi connectivity index (χ3n) is 3.35. The third kappa shape index (κ3) is 3.71.